The van der Waals surface area contributed by atoms with Gasteiger partial charge in [0.1, 0.15) is 5.52 Å². The van der Waals surface area contributed by atoms with Crippen LogP contribution < -0.4 is 0 Å². The van der Waals surface area contributed by atoms with E-state index >= 15 is 0 Å². The van der Waals surface area contributed by atoms with Gasteiger partial charge in [-0.3, -0.25) is 9.69 Å². The van der Waals surface area contributed by atoms with Crippen molar-refractivity contribution in [3.63, 3.8) is 0 Å². The van der Waals surface area contributed by atoms with Crippen molar-refractivity contribution >= 4 is 16.9 Å². The first kappa shape index (κ1) is 16.5. The second-order valence-corrected chi connectivity index (χ2v) is 7.15. The van der Waals surface area contributed by atoms with E-state index in [1.807, 2.05) is 29.8 Å². The summed E-state index contributed by atoms with van der Waals surface area (Å²) in [5.41, 5.74) is 2.54. The molecule has 0 unspecified atom stereocenters. The minimum absolute atomic E-state index is 0.151. The Morgan fingerprint density at radius 2 is 1.92 bits per heavy atom. The number of hydrogen-bond donors (Lipinski definition) is 0. The first-order valence-corrected chi connectivity index (χ1v) is 9.61. The molecule has 6 heteroatoms. The second-order valence-electron chi connectivity index (χ2n) is 7.15. The summed E-state index contributed by atoms with van der Waals surface area (Å²) < 4.78 is 1.86. The molecular formula is C19H27N5O. The third kappa shape index (κ3) is 2.82. The van der Waals surface area contributed by atoms with Gasteiger partial charge in [0.25, 0.3) is 5.91 Å². The van der Waals surface area contributed by atoms with Crippen molar-refractivity contribution < 1.29 is 4.79 Å². The number of aromatic nitrogens is 3. The van der Waals surface area contributed by atoms with Crippen LogP contribution in [0.15, 0.2) is 18.2 Å². The molecule has 2 aliphatic heterocycles. The van der Waals surface area contributed by atoms with E-state index in [1.165, 1.54) is 19.4 Å². The number of aryl methyl sites for hydroxylation is 1. The Kier molecular flexibility index (Phi) is 4.46. The molecule has 2 aliphatic rings. The molecule has 2 aromatic rings. The molecule has 0 aliphatic carbocycles. The molecular weight excluding hydrogens is 314 g/mol. The largest absolute Gasteiger partial charge is 0.334 e. The molecule has 0 radical (unpaired) electrons. The van der Waals surface area contributed by atoms with Crippen molar-refractivity contribution in [2.75, 3.05) is 19.6 Å². The maximum atomic E-state index is 13.2. The van der Waals surface area contributed by atoms with Gasteiger partial charge >= 0.3 is 0 Å². The Bertz CT molecular complexity index is 770. The number of likely N-dealkylation sites (tertiary alicyclic amines) is 2. The molecule has 0 N–H and O–H groups in total. The molecule has 0 saturated carbocycles. The fraction of sp³-hybridized carbons (Fsp3) is 0.632. The van der Waals surface area contributed by atoms with Crippen LogP contribution in [0.4, 0.5) is 0 Å². The van der Waals surface area contributed by atoms with Gasteiger partial charge in [-0.15, -0.1) is 5.10 Å². The van der Waals surface area contributed by atoms with Crippen LogP contribution in [-0.2, 0) is 6.54 Å². The number of nitrogens with zero attached hydrogens (tertiary/aromatic N) is 5. The van der Waals surface area contributed by atoms with E-state index in [1.54, 1.807) is 0 Å². The predicted octanol–water partition coefficient (Wildman–Crippen LogP) is 2.54. The fourth-order valence-corrected chi connectivity index (χ4v) is 4.63. The van der Waals surface area contributed by atoms with Crippen LogP contribution in [0.25, 0.3) is 11.0 Å². The normalized spacial score (nSPS) is 24.5. The molecule has 2 atom stereocenters. The zero-order valence-corrected chi connectivity index (χ0v) is 15.2. The minimum Gasteiger partial charge on any atom is -0.334 e. The topological polar surface area (TPSA) is 54.3 Å². The lowest BCUT2D eigenvalue weighted by Gasteiger charge is -2.34. The maximum Gasteiger partial charge on any atom is 0.254 e. The molecule has 1 amide bonds. The van der Waals surface area contributed by atoms with Crippen LogP contribution in [0.3, 0.4) is 0 Å². The Balaban J connectivity index is 1.59. The summed E-state index contributed by atoms with van der Waals surface area (Å²) in [7, 11) is 0. The molecule has 25 heavy (non-hydrogen) atoms. The number of likely N-dealkylation sites (N-methyl/N-ethyl adjacent to an activating group) is 1. The van der Waals surface area contributed by atoms with E-state index in [9.17, 15) is 4.79 Å². The van der Waals surface area contributed by atoms with Gasteiger partial charge in [-0.05, 0) is 63.9 Å². The molecule has 1 aromatic carbocycles. The first-order valence-electron chi connectivity index (χ1n) is 9.61. The fourth-order valence-electron chi connectivity index (χ4n) is 4.63. The quantitative estimate of drug-likeness (QED) is 0.857. The molecule has 3 heterocycles. The molecule has 2 saturated heterocycles. The molecule has 0 spiro atoms. The van der Waals surface area contributed by atoms with Crippen molar-refractivity contribution in [2.24, 2.45) is 0 Å². The van der Waals surface area contributed by atoms with E-state index in [2.05, 4.69) is 27.0 Å². The van der Waals surface area contributed by atoms with Crippen molar-refractivity contribution in [3.8, 4) is 0 Å². The van der Waals surface area contributed by atoms with Gasteiger partial charge in [-0.2, -0.15) is 0 Å². The Labute approximate surface area is 148 Å². The third-order valence-corrected chi connectivity index (χ3v) is 5.89. The SMILES string of the molecule is CCN1CCC[C@@H]1[C@@H]1CCCN1C(=O)c1ccc2c(c1)nnn2CC. The zero-order chi connectivity index (χ0) is 17.4. The highest BCUT2D eigenvalue weighted by molar-refractivity contribution is 5.97. The Morgan fingerprint density at radius 1 is 1.12 bits per heavy atom. The van der Waals surface area contributed by atoms with Gasteiger partial charge in [-0.1, -0.05) is 12.1 Å². The summed E-state index contributed by atoms with van der Waals surface area (Å²) in [6.45, 7) is 8.18. The smallest absolute Gasteiger partial charge is 0.254 e. The van der Waals surface area contributed by atoms with E-state index in [0.717, 1.165) is 49.1 Å². The van der Waals surface area contributed by atoms with Crippen molar-refractivity contribution in [1.82, 2.24) is 24.8 Å². The highest BCUT2D eigenvalue weighted by Gasteiger charge is 2.39. The molecule has 134 valence electrons. The average molecular weight is 341 g/mol. The van der Waals surface area contributed by atoms with Crippen molar-refractivity contribution in [3.05, 3.63) is 23.8 Å². The van der Waals surface area contributed by atoms with Gasteiger partial charge in [0.2, 0.25) is 0 Å². The van der Waals surface area contributed by atoms with E-state index in [4.69, 9.17) is 0 Å². The predicted molar refractivity (Wildman–Crippen MR) is 97.5 cm³/mol. The standard InChI is InChI=1S/C19H27N5O/c1-3-22-11-5-7-17(22)18-8-6-12-23(18)19(25)14-9-10-16-15(13-14)20-21-24(16)4-2/h9-10,13,17-18H,3-8,11-12H2,1-2H3/t17-,18+/m1/s1. The van der Waals surface area contributed by atoms with Gasteiger partial charge in [0.05, 0.1) is 5.52 Å². The van der Waals surface area contributed by atoms with Crippen LogP contribution in [-0.4, -0.2) is 62.4 Å². The van der Waals surface area contributed by atoms with Crippen LogP contribution in [0.1, 0.15) is 49.9 Å². The van der Waals surface area contributed by atoms with Crippen LogP contribution in [0.2, 0.25) is 0 Å². The minimum atomic E-state index is 0.151. The highest BCUT2D eigenvalue weighted by Crippen LogP contribution is 2.31. The van der Waals surface area contributed by atoms with Gasteiger partial charge in [0.15, 0.2) is 0 Å². The summed E-state index contributed by atoms with van der Waals surface area (Å²) in [5.74, 6) is 0.151. The van der Waals surface area contributed by atoms with Crippen molar-refractivity contribution in [1.29, 1.82) is 0 Å². The van der Waals surface area contributed by atoms with Crippen molar-refractivity contribution in [2.45, 2.75) is 58.2 Å². The third-order valence-electron chi connectivity index (χ3n) is 5.89. The van der Waals surface area contributed by atoms with E-state index in [-0.39, 0.29) is 5.91 Å². The number of hydrogen-bond acceptors (Lipinski definition) is 4. The summed E-state index contributed by atoms with van der Waals surface area (Å²) in [6, 6.07) is 6.70. The van der Waals surface area contributed by atoms with Gasteiger partial charge in [-0.25, -0.2) is 4.68 Å². The van der Waals surface area contributed by atoms with Gasteiger partial charge < -0.3 is 4.90 Å². The first-order chi connectivity index (χ1) is 12.2. The molecule has 0 bridgehead atoms. The molecule has 6 nitrogen and oxygen atoms in total. The molecule has 2 fully saturated rings. The number of fused-ring (bicyclic) bond motifs is 1. The maximum absolute atomic E-state index is 13.2. The van der Waals surface area contributed by atoms with Gasteiger partial charge in [0, 0.05) is 30.7 Å². The summed E-state index contributed by atoms with van der Waals surface area (Å²) >= 11 is 0. The number of carbonyl (C=O) groups is 1. The van der Waals surface area contributed by atoms with Crippen LogP contribution in [0, 0.1) is 0 Å². The lowest BCUT2D eigenvalue weighted by atomic mass is 10.0. The summed E-state index contributed by atoms with van der Waals surface area (Å²) in [4.78, 5) is 17.8. The van der Waals surface area contributed by atoms with Crippen LogP contribution >= 0.6 is 0 Å². The monoisotopic (exact) mass is 341 g/mol. The molecule has 4 rings (SSSR count). The second kappa shape index (κ2) is 6.75. The Hall–Kier alpha value is -1.95. The number of carbonyl (C=O) groups excluding carboxylic acids is 1. The number of benzene rings is 1. The number of rotatable bonds is 4. The lowest BCUT2D eigenvalue weighted by Crippen LogP contribution is -2.48. The van der Waals surface area contributed by atoms with Crippen LogP contribution in [0.5, 0.6) is 0 Å². The average Bonchev–Trinajstić information content (AvgIpc) is 3.37. The molecule has 1 aromatic heterocycles. The number of amides is 1. The summed E-state index contributed by atoms with van der Waals surface area (Å²) in [6.07, 6.45) is 4.70. The lowest BCUT2D eigenvalue weighted by molar-refractivity contribution is 0.0650. The highest BCUT2D eigenvalue weighted by atomic mass is 16.2. The Morgan fingerprint density at radius 3 is 2.72 bits per heavy atom. The summed E-state index contributed by atoms with van der Waals surface area (Å²) in [5, 5.41) is 8.36. The zero-order valence-electron chi connectivity index (χ0n) is 15.2. The van der Waals surface area contributed by atoms with E-state index < -0.39 is 0 Å². The van der Waals surface area contributed by atoms with E-state index in [0.29, 0.717) is 12.1 Å².